The van der Waals surface area contributed by atoms with Gasteiger partial charge in [0, 0.05) is 77.3 Å². The van der Waals surface area contributed by atoms with Crippen molar-refractivity contribution in [1.82, 2.24) is 24.8 Å². The summed E-state index contributed by atoms with van der Waals surface area (Å²) >= 11 is 0. The highest BCUT2D eigenvalue weighted by Gasteiger charge is 2.29. The monoisotopic (exact) mass is 588 g/mol. The topological polar surface area (TPSA) is 90.9 Å². The molecule has 3 aliphatic rings. The zero-order valence-corrected chi connectivity index (χ0v) is 26.5. The molecule has 4 heterocycles. The normalized spacial score (nSPS) is 22.3. The number of ether oxygens (including phenoxy) is 2. The number of anilines is 3. The Hall–Kier alpha value is -3.21. The van der Waals surface area contributed by atoms with Gasteiger partial charge in [0.25, 0.3) is 0 Å². The number of hydrogen-bond acceptors (Lipinski definition) is 10. The van der Waals surface area contributed by atoms with Gasteiger partial charge in [-0.1, -0.05) is 13.0 Å². The Morgan fingerprint density at radius 2 is 1.72 bits per heavy atom. The second-order valence-corrected chi connectivity index (χ2v) is 12.3. The average molecular weight is 589 g/mol. The summed E-state index contributed by atoms with van der Waals surface area (Å²) in [5, 5.41) is 6.93. The first kappa shape index (κ1) is 29.8. The van der Waals surface area contributed by atoms with Crippen LogP contribution >= 0.6 is 0 Å². The zero-order valence-electron chi connectivity index (χ0n) is 26.5. The maximum Gasteiger partial charge on any atom is 0.153 e. The minimum absolute atomic E-state index is 0.301. The van der Waals surface area contributed by atoms with Crippen molar-refractivity contribution in [2.24, 2.45) is 0 Å². The van der Waals surface area contributed by atoms with Crippen molar-refractivity contribution in [3.8, 4) is 16.9 Å². The predicted molar refractivity (Wildman–Crippen MR) is 175 cm³/mol. The maximum absolute atomic E-state index is 5.99. The number of pyridine rings is 1. The van der Waals surface area contributed by atoms with E-state index < -0.39 is 0 Å². The van der Waals surface area contributed by atoms with Gasteiger partial charge >= 0.3 is 0 Å². The lowest BCUT2D eigenvalue weighted by molar-refractivity contribution is 0.0981. The van der Waals surface area contributed by atoms with Gasteiger partial charge in [-0.15, -0.1) is 0 Å². The van der Waals surface area contributed by atoms with Crippen molar-refractivity contribution in [2.75, 3.05) is 83.1 Å². The molecule has 0 bridgehead atoms. The molecule has 1 saturated carbocycles. The smallest absolute Gasteiger partial charge is 0.153 e. The van der Waals surface area contributed by atoms with Crippen LogP contribution in [-0.2, 0) is 11.2 Å². The number of methoxy groups -OCH3 is 2. The van der Waals surface area contributed by atoms with Crippen molar-refractivity contribution < 1.29 is 9.47 Å². The lowest BCUT2D eigenvalue weighted by atomic mass is 10.00. The summed E-state index contributed by atoms with van der Waals surface area (Å²) < 4.78 is 11.6. The number of hydrogen-bond donors (Lipinski definition) is 2. The van der Waals surface area contributed by atoms with Gasteiger partial charge in [0.15, 0.2) is 5.82 Å². The van der Waals surface area contributed by atoms with E-state index in [1.54, 1.807) is 14.2 Å². The molecule has 0 amide bonds. The summed E-state index contributed by atoms with van der Waals surface area (Å²) in [6.45, 7) is 8.92. The number of rotatable bonds is 9. The molecule has 0 spiro atoms. The Balaban J connectivity index is 1.27. The van der Waals surface area contributed by atoms with Crippen molar-refractivity contribution in [3.63, 3.8) is 0 Å². The molecule has 2 aromatic heterocycles. The molecule has 2 atom stereocenters. The average Bonchev–Trinajstić information content (AvgIpc) is 3.51. The first-order chi connectivity index (χ1) is 21.0. The standard InChI is InChI=1S/C33H48N8O2/c1-6-27-32(36-23-8-9-25(20-23)42-4)38-30-26(21-35-33(34-2)31(30)37-27)22-7-10-28(29(19-22)43-5)41-13-11-24(12-14-41)40-17-15-39(3)16-18-40/h7,10,19,21,23-25H,6,8-9,11-18,20H2,1-5H3,(H,34,35)(H,36,38)/t23-,25-/m1/s1. The van der Waals surface area contributed by atoms with E-state index in [4.69, 9.17) is 24.4 Å². The fourth-order valence-electron chi connectivity index (χ4n) is 7.07. The van der Waals surface area contributed by atoms with E-state index in [0.717, 1.165) is 89.7 Å². The summed E-state index contributed by atoms with van der Waals surface area (Å²) in [6, 6.07) is 7.54. The third-order valence-corrected chi connectivity index (χ3v) is 9.75. The third kappa shape index (κ3) is 6.23. The quantitative estimate of drug-likeness (QED) is 0.372. The molecule has 3 fully saturated rings. The molecule has 232 valence electrons. The number of aryl methyl sites for hydroxylation is 1. The van der Waals surface area contributed by atoms with Gasteiger partial charge in [-0.05, 0) is 63.3 Å². The van der Waals surface area contributed by atoms with Gasteiger partial charge in [-0.25, -0.2) is 15.0 Å². The Morgan fingerprint density at radius 1 is 0.930 bits per heavy atom. The van der Waals surface area contributed by atoms with Crippen molar-refractivity contribution in [3.05, 3.63) is 30.1 Å². The number of aromatic nitrogens is 3. The lowest BCUT2D eigenvalue weighted by Gasteiger charge is -2.42. The molecule has 6 rings (SSSR count). The van der Waals surface area contributed by atoms with Crippen LogP contribution in [0.25, 0.3) is 22.2 Å². The zero-order chi connectivity index (χ0) is 29.9. The summed E-state index contributed by atoms with van der Waals surface area (Å²) in [6.07, 6.45) is 8.48. The summed E-state index contributed by atoms with van der Waals surface area (Å²) in [4.78, 5) is 22.7. The third-order valence-electron chi connectivity index (χ3n) is 9.75. The van der Waals surface area contributed by atoms with Gasteiger partial charge in [-0.3, -0.25) is 4.90 Å². The highest BCUT2D eigenvalue weighted by molar-refractivity contribution is 5.98. The van der Waals surface area contributed by atoms with Gasteiger partial charge in [0.05, 0.1) is 24.6 Å². The molecule has 0 radical (unpaired) electrons. The minimum Gasteiger partial charge on any atom is -0.495 e. The summed E-state index contributed by atoms with van der Waals surface area (Å²) in [7, 11) is 7.68. The lowest BCUT2D eigenvalue weighted by Crippen LogP contribution is -2.52. The largest absolute Gasteiger partial charge is 0.495 e. The number of piperidine rings is 1. The van der Waals surface area contributed by atoms with Crippen molar-refractivity contribution >= 4 is 28.4 Å². The molecule has 1 aromatic carbocycles. The fraction of sp³-hybridized carbons (Fsp3) is 0.606. The van der Waals surface area contributed by atoms with E-state index in [1.165, 1.54) is 39.0 Å². The summed E-state index contributed by atoms with van der Waals surface area (Å²) in [5.41, 5.74) is 5.71. The van der Waals surface area contributed by atoms with Crippen LogP contribution in [0.5, 0.6) is 5.75 Å². The van der Waals surface area contributed by atoms with Crippen LogP contribution in [0.3, 0.4) is 0 Å². The van der Waals surface area contributed by atoms with E-state index in [0.29, 0.717) is 18.2 Å². The number of likely N-dealkylation sites (N-methyl/N-ethyl adjacent to an activating group) is 1. The van der Waals surface area contributed by atoms with E-state index in [1.807, 2.05) is 13.2 Å². The van der Waals surface area contributed by atoms with Crippen LogP contribution < -0.4 is 20.3 Å². The minimum atomic E-state index is 0.301. The molecule has 3 aromatic rings. The molecule has 2 saturated heterocycles. The number of nitrogens with zero attached hydrogens (tertiary/aromatic N) is 6. The molecule has 2 aliphatic heterocycles. The SMILES string of the molecule is CCc1nc2c(NC)ncc(-c3ccc(N4CCC(N5CCN(C)CC5)CC4)c(OC)c3)c2nc1N[C@@H]1CC[C@@H](OC)C1. The van der Waals surface area contributed by atoms with E-state index in [2.05, 4.69) is 57.5 Å². The number of benzene rings is 1. The molecule has 43 heavy (non-hydrogen) atoms. The van der Waals surface area contributed by atoms with Crippen LogP contribution in [-0.4, -0.2) is 111 Å². The second kappa shape index (κ2) is 13.2. The summed E-state index contributed by atoms with van der Waals surface area (Å²) in [5.74, 6) is 2.48. The Kier molecular flexibility index (Phi) is 9.16. The number of fused-ring (bicyclic) bond motifs is 1. The van der Waals surface area contributed by atoms with Crippen LogP contribution in [0.2, 0.25) is 0 Å². The molecular formula is C33H48N8O2. The van der Waals surface area contributed by atoms with Gasteiger partial charge in [0.2, 0.25) is 0 Å². The van der Waals surface area contributed by atoms with Crippen molar-refractivity contribution in [1.29, 1.82) is 0 Å². The number of nitrogens with one attached hydrogen (secondary N) is 2. The van der Waals surface area contributed by atoms with Crippen LogP contribution in [0, 0.1) is 0 Å². The van der Waals surface area contributed by atoms with Crippen LogP contribution in [0.4, 0.5) is 17.3 Å². The van der Waals surface area contributed by atoms with Gasteiger partial charge in [-0.2, -0.15) is 0 Å². The van der Waals surface area contributed by atoms with Crippen LogP contribution in [0.1, 0.15) is 44.7 Å². The van der Waals surface area contributed by atoms with E-state index in [9.17, 15) is 0 Å². The van der Waals surface area contributed by atoms with E-state index >= 15 is 0 Å². The first-order valence-corrected chi connectivity index (χ1v) is 16.0. The highest BCUT2D eigenvalue weighted by Crippen LogP contribution is 2.38. The molecule has 10 nitrogen and oxygen atoms in total. The second-order valence-electron chi connectivity index (χ2n) is 12.3. The molecule has 2 N–H and O–H groups in total. The predicted octanol–water partition coefficient (Wildman–Crippen LogP) is 4.50. The van der Waals surface area contributed by atoms with E-state index in [-0.39, 0.29) is 0 Å². The molecular weight excluding hydrogens is 540 g/mol. The van der Waals surface area contributed by atoms with Crippen LogP contribution in [0.15, 0.2) is 24.4 Å². The Morgan fingerprint density at radius 3 is 2.40 bits per heavy atom. The Labute approximate surface area is 256 Å². The number of piperazine rings is 1. The first-order valence-electron chi connectivity index (χ1n) is 16.0. The maximum atomic E-state index is 5.99. The molecule has 0 unspecified atom stereocenters. The molecule has 10 heteroatoms. The molecule has 1 aliphatic carbocycles. The fourth-order valence-corrected chi connectivity index (χ4v) is 7.07. The van der Waals surface area contributed by atoms with Gasteiger partial charge in [0.1, 0.15) is 22.6 Å². The van der Waals surface area contributed by atoms with Crippen molar-refractivity contribution in [2.45, 2.75) is 63.6 Å². The Bertz CT molecular complexity index is 1400. The highest BCUT2D eigenvalue weighted by atomic mass is 16.5. The van der Waals surface area contributed by atoms with Gasteiger partial charge < -0.3 is 29.9 Å².